The zero-order valence-corrected chi connectivity index (χ0v) is 12.9. The maximum absolute atomic E-state index is 11.6. The molecular weight excluding hydrogens is 320 g/mol. The second-order valence-electron chi connectivity index (χ2n) is 5.07. The van der Waals surface area contributed by atoms with Crippen molar-refractivity contribution in [2.45, 2.75) is 0 Å². The minimum Gasteiger partial charge on any atom is -0.378 e. The van der Waals surface area contributed by atoms with Crippen LogP contribution in [0.5, 0.6) is 0 Å². The van der Waals surface area contributed by atoms with Gasteiger partial charge in [-0.25, -0.2) is 0 Å². The Hall–Kier alpha value is -2.52. The standard InChI is InChI=1S/C14H14N4O4S/c19-13-10(15-14(23)16-13)7-9-1-2-11(12(8-9)18(20)21)17-3-5-22-6-4-17/h1-2,7-8H,3-6H2,(H2,15,16,19,23)/b10-7-. The van der Waals surface area contributed by atoms with Crippen molar-refractivity contribution in [2.75, 3.05) is 31.2 Å². The number of nitro groups is 1. The summed E-state index contributed by atoms with van der Waals surface area (Å²) in [5.41, 5.74) is 1.38. The molecule has 0 bridgehead atoms. The van der Waals surface area contributed by atoms with E-state index in [1.165, 1.54) is 12.1 Å². The number of nitro benzene ring substituents is 1. The van der Waals surface area contributed by atoms with Gasteiger partial charge >= 0.3 is 0 Å². The van der Waals surface area contributed by atoms with Gasteiger partial charge in [0.05, 0.1) is 18.1 Å². The van der Waals surface area contributed by atoms with Crippen molar-refractivity contribution in [1.29, 1.82) is 0 Å². The minimum atomic E-state index is -0.417. The van der Waals surface area contributed by atoms with Crippen molar-refractivity contribution in [2.24, 2.45) is 0 Å². The number of rotatable bonds is 3. The topological polar surface area (TPSA) is 96.7 Å². The molecule has 120 valence electrons. The van der Waals surface area contributed by atoms with Gasteiger partial charge in [-0.05, 0) is 29.9 Å². The molecule has 0 spiro atoms. The Bertz CT molecular complexity index is 713. The summed E-state index contributed by atoms with van der Waals surface area (Å²) in [5.74, 6) is -0.352. The fourth-order valence-electron chi connectivity index (χ4n) is 2.50. The Kier molecular flexibility index (Phi) is 4.22. The summed E-state index contributed by atoms with van der Waals surface area (Å²) in [6, 6.07) is 4.89. The highest BCUT2D eigenvalue weighted by molar-refractivity contribution is 7.80. The number of carbonyl (C=O) groups excluding carboxylic acids is 1. The number of ether oxygens (including phenoxy) is 1. The van der Waals surface area contributed by atoms with E-state index in [-0.39, 0.29) is 22.4 Å². The van der Waals surface area contributed by atoms with Gasteiger partial charge in [0, 0.05) is 19.2 Å². The number of morpholine rings is 1. The average Bonchev–Trinajstić information content (AvgIpc) is 2.85. The summed E-state index contributed by atoms with van der Waals surface area (Å²) < 4.78 is 5.27. The molecule has 2 fully saturated rings. The SMILES string of the molecule is O=C1NC(=S)N/C1=C\c1ccc(N2CCOCC2)c([N+](=O)[O-])c1. The van der Waals surface area contributed by atoms with Crippen molar-refractivity contribution in [3.05, 3.63) is 39.6 Å². The van der Waals surface area contributed by atoms with Crippen LogP contribution in [0.3, 0.4) is 0 Å². The van der Waals surface area contributed by atoms with Gasteiger partial charge < -0.3 is 15.0 Å². The van der Waals surface area contributed by atoms with Crippen molar-refractivity contribution in [3.63, 3.8) is 0 Å². The number of nitrogens with zero attached hydrogens (tertiary/aromatic N) is 2. The number of hydrogen-bond donors (Lipinski definition) is 2. The first-order chi connectivity index (χ1) is 11.0. The summed E-state index contributed by atoms with van der Waals surface area (Å²) >= 11 is 4.85. The smallest absolute Gasteiger partial charge is 0.293 e. The van der Waals surface area contributed by atoms with E-state index in [1.54, 1.807) is 12.1 Å². The number of nitrogens with one attached hydrogen (secondary N) is 2. The van der Waals surface area contributed by atoms with Crippen LogP contribution in [-0.2, 0) is 9.53 Å². The lowest BCUT2D eigenvalue weighted by Crippen LogP contribution is -2.36. The number of anilines is 1. The monoisotopic (exact) mass is 334 g/mol. The summed E-state index contributed by atoms with van der Waals surface area (Å²) in [7, 11) is 0. The number of carbonyl (C=O) groups is 1. The fraction of sp³-hybridized carbons (Fsp3) is 0.286. The Morgan fingerprint density at radius 3 is 2.65 bits per heavy atom. The summed E-state index contributed by atoms with van der Waals surface area (Å²) in [4.78, 5) is 24.5. The Morgan fingerprint density at radius 2 is 2.04 bits per heavy atom. The van der Waals surface area contributed by atoms with E-state index in [4.69, 9.17) is 17.0 Å². The maximum Gasteiger partial charge on any atom is 0.293 e. The molecule has 0 saturated carbocycles. The Morgan fingerprint density at radius 1 is 1.30 bits per heavy atom. The molecule has 2 aliphatic heterocycles. The molecule has 0 radical (unpaired) electrons. The van der Waals surface area contributed by atoms with Crippen LogP contribution in [0.4, 0.5) is 11.4 Å². The van der Waals surface area contributed by atoms with Crippen LogP contribution in [0.1, 0.15) is 5.56 Å². The number of hydrogen-bond acceptors (Lipinski definition) is 6. The van der Waals surface area contributed by atoms with Gasteiger partial charge in [0.1, 0.15) is 11.4 Å². The first-order valence-electron chi connectivity index (χ1n) is 7.00. The number of benzene rings is 1. The highest BCUT2D eigenvalue weighted by Gasteiger charge is 2.23. The van der Waals surface area contributed by atoms with Crippen molar-refractivity contribution < 1.29 is 14.5 Å². The van der Waals surface area contributed by atoms with Gasteiger partial charge in [0.15, 0.2) is 5.11 Å². The molecule has 0 atom stereocenters. The van der Waals surface area contributed by atoms with Crippen molar-refractivity contribution >= 4 is 40.7 Å². The lowest BCUT2D eigenvalue weighted by Gasteiger charge is -2.28. The zero-order chi connectivity index (χ0) is 16.4. The molecule has 1 amide bonds. The van der Waals surface area contributed by atoms with Crippen LogP contribution in [0.2, 0.25) is 0 Å². The highest BCUT2D eigenvalue weighted by Crippen LogP contribution is 2.30. The Labute approximate surface area is 137 Å². The van der Waals surface area contributed by atoms with Gasteiger partial charge in [-0.3, -0.25) is 20.2 Å². The summed E-state index contributed by atoms with van der Waals surface area (Å²) in [6.07, 6.45) is 1.53. The molecule has 2 N–H and O–H groups in total. The first-order valence-corrected chi connectivity index (χ1v) is 7.40. The van der Waals surface area contributed by atoms with Crippen LogP contribution < -0.4 is 15.5 Å². The fourth-order valence-corrected chi connectivity index (χ4v) is 2.70. The third kappa shape index (κ3) is 3.30. The van der Waals surface area contributed by atoms with E-state index in [0.29, 0.717) is 37.6 Å². The van der Waals surface area contributed by atoms with Gasteiger partial charge in [-0.1, -0.05) is 6.07 Å². The lowest BCUT2D eigenvalue weighted by molar-refractivity contribution is -0.384. The van der Waals surface area contributed by atoms with Gasteiger partial charge in [-0.15, -0.1) is 0 Å². The molecule has 8 nitrogen and oxygen atoms in total. The number of amides is 1. The van der Waals surface area contributed by atoms with Crippen molar-refractivity contribution in [1.82, 2.24) is 10.6 Å². The third-order valence-electron chi connectivity index (χ3n) is 3.58. The first kappa shape index (κ1) is 15.4. The zero-order valence-electron chi connectivity index (χ0n) is 12.1. The van der Waals surface area contributed by atoms with E-state index in [9.17, 15) is 14.9 Å². The molecular formula is C14H14N4O4S. The molecule has 0 aliphatic carbocycles. The van der Waals surface area contributed by atoms with E-state index in [2.05, 4.69) is 10.6 Å². The second kappa shape index (κ2) is 6.31. The quantitative estimate of drug-likeness (QED) is 0.365. The predicted molar refractivity (Wildman–Crippen MR) is 88.0 cm³/mol. The van der Waals surface area contributed by atoms with E-state index in [0.717, 1.165) is 0 Å². The maximum atomic E-state index is 11.6. The molecule has 23 heavy (non-hydrogen) atoms. The summed E-state index contributed by atoms with van der Waals surface area (Å²) in [6.45, 7) is 2.31. The minimum absolute atomic E-state index is 0.00207. The van der Waals surface area contributed by atoms with Crippen molar-refractivity contribution in [3.8, 4) is 0 Å². The third-order valence-corrected chi connectivity index (χ3v) is 3.78. The molecule has 0 unspecified atom stereocenters. The Balaban J connectivity index is 1.93. The molecule has 2 saturated heterocycles. The van der Waals surface area contributed by atoms with E-state index in [1.807, 2.05) is 4.90 Å². The van der Waals surface area contributed by atoms with Crippen LogP contribution in [0.25, 0.3) is 6.08 Å². The lowest BCUT2D eigenvalue weighted by atomic mass is 10.1. The van der Waals surface area contributed by atoms with Crippen LogP contribution in [0.15, 0.2) is 23.9 Å². The molecule has 2 heterocycles. The number of thiocarbonyl (C=S) groups is 1. The van der Waals surface area contributed by atoms with Crippen LogP contribution in [-0.4, -0.2) is 42.2 Å². The molecule has 2 aliphatic rings. The molecule has 3 rings (SSSR count). The van der Waals surface area contributed by atoms with Crippen LogP contribution >= 0.6 is 12.2 Å². The van der Waals surface area contributed by atoms with E-state index >= 15 is 0 Å². The molecule has 0 aromatic heterocycles. The predicted octanol–water partition coefficient (Wildman–Crippen LogP) is 0.777. The molecule has 9 heteroatoms. The highest BCUT2D eigenvalue weighted by atomic mass is 32.1. The van der Waals surface area contributed by atoms with Gasteiger partial charge in [0.25, 0.3) is 11.6 Å². The average molecular weight is 334 g/mol. The molecule has 1 aromatic carbocycles. The molecule has 1 aromatic rings. The second-order valence-corrected chi connectivity index (χ2v) is 5.48. The normalized spacial score (nSPS) is 19.7. The van der Waals surface area contributed by atoms with E-state index < -0.39 is 4.92 Å². The van der Waals surface area contributed by atoms with Gasteiger partial charge in [0.2, 0.25) is 0 Å². The summed E-state index contributed by atoms with van der Waals surface area (Å²) in [5, 5.41) is 16.8. The van der Waals surface area contributed by atoms with Crippen LogP contribution in [0, 0.1) is 10.1 Å². The largest absolute Gasteiger partial charge is 0.378 e. The van der Waals surface area contributed by atoms with Gasteiger partial charge in [-0.2, -0.15) is 0 Å².